The molecule has 0 aliphatic carbocycles. The van der Waals surface area contributed by atoms with Crippen molar-refractivity contribution >= 4 is 113 Å². The number of aliphatic carboxylic acids is 1. The molecule has 2 aliphatic heterocycles. The van der Waals surface area contributed by atoms with Gasteiger partial charge in [0, 0.05) is 93.1 Å². The van der Waals surface area contributed by atoms with Crippen molar-refractivity contribution in [2.24, 2.45) is 5.92 Å². The van der Waals surface area contributed by atoms with Crippen LogP contribution in [-0.2, 0) is 75.8 Å². The summed E-state index contributed by atoms with van der Waals surface area (Å²) in [6.07, 6.45) is 6.46. The predicted molar refractivity (Wildman–Crippen MR) is 301 cm³/mol. The lowest BCUT2D eigenvalue weighted by Crippen LogP contribution is -2.36. The molecule has 28 heteroatoms. The normalized spacial score (nSPS) is 17.0. The van der Waals surface area contributed by atoms with E-state index in [9.17, 15) is 79.2 Å². The van der Waals surface area contributed by atoms with E-state index in [1.165, 1.54) is 18.2 Å². The van der Waals surface area contributed by atoms with Crippen LogP contribution in [0.3, 0.4) is 0 Å². The lowest BCUT2D eigenvalue weighted by atomic mass is 9.74. The Bertz CT molecular complexity index is 3800. The maximum atomic E-state index is 13.3. The van der Waals surface area contributed by atoms with Gasteiger partial charge in [0.05, 0.1) is 26.4 Å². The van der Waals surface area contributed by atoms with Crippen molar-refractivity contribution in [1.29, 1.82) is 0 Å². The molecule has 0 saturated carbocycles. The Morgan fingerprint density at radius 3 is 1.44 bits per heavy atom. The van der Waals surface area contributed by atoms with E-state index in [1.807, 2.05) is 32.3 Å². The van der Waals surface area contributed by atoms with Gasteiger partial charge in [-0.1, -0.05) is 25.7 Å². The van der Waals surface area contributed by atoms with Crippen LogP contribution in [0.2, 0.25) is 0 Å². The van der Waals surface area contributed by atoms with Gasteiger partial charge in [-0.25, -0.2) is 0 Å². The highest BCUT2D eigenvalue weighted by atomic mass is 32.2. The first-order chi connectivity index (χ1) is 37.5. The average Bonchev–Trinajstić information content (AvgIpc) is 3.94. The van der Waals surface area contributed by atoms with Crippen molar-refractivity contribution < 1.29 is 93.5 Å². The third-order valence-corrected chi connectivity index (χ3v) is 20.1. The molecule has 2 aliphatic rings. The number of amides is 2. The molecule has 81 heavy (non-hydrogen) atoms. The van der Waals surface area contributed by atoms with Gasteiger partial charge in [-0.15, -0.1) is 0 Å². The molecule has 2 amide bonds. The number of unbranched alkanes of at least 4 members (excludes halogenated alkanes) is 6. The lowest BCUT2D eigenvalue weighted by Gasteiger charge is -2.24. The Hall–Kier alpha value is -5.30. The third kappa shape index (κ3) is 15.7. The largest absolute Gasteiger partial charge is 0.481 e. The second-order valence-corrected chi connectivity index (χ2v) is 29.0. The molecule has 8 N–H and O–H groups in total. The molecule has 4 aromatic carbocycles. The number of nitrogens with zero attached hydrogens (tertiary/aromatic N) is 2. The van der Waals surface area contributed by atoms with Gasteiger partial charge >= 0.3 is 5.97 Å². The Labute approximate surface area is 473 Å². The van der Waals surface area contributed by atoms with E-state index >= 15 is 0 Å². The average molecular weight is 1230 g/mol. The van der Waals surface area contributed by atoms with E-state index in [0.717, 1.165) is 17.8 Å². The smallest absolute Gasteiger partial charge is 0.303 e. The van der Waals surface area contributed by atoms with Crippen LogP contribution >= 0.6 is 0 Å². The molecule has 0 bridgehead atoms. The molecular formula is C53H72N4O19S5+2. The van der Waals surface area contributed by atoms with Crippen molar-refractivity contribution in [1.82, 2.24) is 10.6 Å². The lowest BCUT2D eigenvalue weighted by molar-refractivity contribution is -0.439. The number of benzene rings is 4. The minimum Gasteiger partial charge on any atom is -0.481 e. The Morgan fingerprint density at radius 1 is 0.519 bits per heavy atom. The first-order valence-electron chi connectivity index (χ1n) is 26.5. The predicted octanol–water partition coefficient (Wildman–Crippen LogP) is 7.12. The summed E-state index contributed by atoms with van der Waals surface area (Å²) in [6, 6.07) is 9.87. The number of rotatable bonds is 30. The van der Waals surface area contributed by atoms with Crippen molar-refractivity contribution in [2.45, 2.75) is 161 Å². The number of carbonyl (C=O) groups excluding carboxylic acids is 2. The van der Waals surface area contributed by atoms with E-state index in [4.69, 9.17) is 5.11 Å². The van der Waals surface area contributed by atoms with Gasteiger partial charge in [0.2, 0.25) is 23.2 Å². The summed E-state index contributed by atoms with van der Waals surface area (Å²) in [5, 5.41) is 15.5. The number of carboxylic acid groups (broad SMARTS) is 1. The molecule has 4 aromatic rings. The summed E-state index contributed by atoms with van der Waals surface area (Å²) < 4.78 is 176. The standard InChI is InChI=1S/C53H70N4O19S5/c1-34-52(3,4)50-41-28-37(78(65,66)67)30-45(80(71,72)73)39(41)20-22-43(50)56(34)25-14-8-11-18-48(59)55-33-36(16-9-6-12-19-49(60)61)32-54-47(58)17-10-7-13-24-53(5)35(2)57(26-15-27-77(62,63)64)44-23-21-40-42(51(44)53)29-38(79(68,69)70)31-46(40)81(74,75)76/h20-23,28-31,36H,6-19,24-27,32-33H2,1-5H3,(H6-2,54,55,58,59,60,61,62,63,64,65,66,67,68,69,70,71,72,73,74,75,76)/p+2. The zero-order valence-corrected chi connectivity index (χ0v) is 49.8. The van der Waals surface area contributed by atoms with Gasteiger partial charge in [0.15, 0.2) is 11.4 Å². The SMILES string of the molecule is CC1=[N+](CCCCCC(=O)NCC(CCCCCC(=O)O)CNC(=O)CCCCCC2(C)C(C)=[N+](CCCS(=O)(=O)O)c3ccc4c(S(=O)(=O)O)cc(S(=O)(=O)O)cc4c32)c2ccc3c(S(=O)(=O)O)cc(S(=O)(=O)O)cc3c2C1(C)C. The summed E-state index contributed by atoms with van der Waals surface area (Å²) in [5.74, 6) is -2.05. The minimum atomic E-state index is -5.01. The molecule has 6 rings (SSSR count). The molecule has 0 spiro atoms. The molecule has 0 aromatic heterocycles. The number of hydrogen-bond donors (Lipinski definition) is 8. The van der Waals surface area contributed by atoms with Crippen molar-refractivity contribution in [3.05, 3.63) is 59.7 Å². The Kier molecular flexibility index (Phi) is 20.2. The van der Waals surface area contributed by atoms with Gasteiger partial charge in [-0.05, 0) is 112 Å². The molecule has 446 valence electrons. The van der Waals surface area contributed by atoms with Crippen LogP contribution in [0.15, 0.2) is 68.1 Å². The van der Waals surface area contributed by atoms with Crippen molar-refractivity contribution in [3.8, 4) is 0 Å². The Balaban J connectivity index is 1.04. The third-order valence-electron chi connectivity index (χ3n) is 15.8. The molecule has 2 unspecified atom stereocenters. The van der Waals surface area contributed by atoms with Crippen LogP contribution in [0.25, 0.3) is 21.5 Å². The van der Waals surface area contributed by atoms with E-state index in [-0.39, 0.29) is 84.6 Å². The van der Waals surface area contributed by atoms with Crippen LogP contribution < -0.4 is 10.6 Å². The Morgan fingerprint density at radius 2 is 0.963 bits per heavy atom. The maximum absolute atomic E-state index is 13.3. The van der Waals surface area contributed by atoms with Crippen LogP contribution in [0.1, 0.15) is 142 Å². The fraction of sp³-hybridized carbons (Fsp3) is 0.528. The summed E-state index contributed by atoms with van der Waals surface area (Å²) in [7, 11) is -24.0. The molecule has 2 atom stereocenters. The van der Waals surface area contributed by atoms with Gasteiger partial charge in [-0.2, -0.15) is 51.2 Å². The number of carboxylic acids is 1. The summed E-state index contributed by atoms with van der Waals surface area (Å²) >= 11 is 0. The van der Waals surface area contributed by atoms with Gasteiger partial charge in [-0.3, -0.25) is 37.1 Å². The van der Waals surface area contributed by atoms with Crippen LogP contribution in [0.4, 0.5) is 11.4 Å². The quantitative estimate of drug-likeness (QED) is 0.0146. The van der Waals surface area contributed by atoms with E-state index in [1.54, 1.807) is 23.6 Å². The number of fused-ring (bicyclic) bond motifs is 6. The number of carbonyl (C=O) groups is 3. The van der Waals surface area contributed by atoms with E-state index in [0.29, 0.717) is 111 Å². The number of nitrogens with one attached hydrogen (secondary N) is 2. The van der Waals surface area contributed by atoms with Gasteiger partial charge in [0.1, 0.15) is 22.9 Å². The van der Waals surface area contributed by atoms with Gasteiger partial charge < -0.3 is 15.7 Å². The summed E-state index contributed by atoms with van der Waals surface area (Å²) in [5.41, 5.74) is 2.25. The fourth-order valence-electron chi connectivity index (χ4n) is 11.3. The zero-order chi connectivity index (χ0) is 60.3. The van der Waals surface area contributed by atoms with Crippen molar-refractivity contribution in [2.75, 3.05) is 31.9 Å². The van der Waals surface area contributed by atoms with Gasteiger partial charge in [0.25, 0.3) is 50.6 Å². The summed E-state index contributed by atoms with van der Waals surface area (Å²) in [4.78, 5) is 34.7. The molecule has 0 fully saturated rings. The maximum Gasteiger partial charge on any atom is 0.303 e. The highest BCUT2D eigenvalue weighted by molar-refractivity contribution is 7.87. The van der Waals surface area contributed by atoms with Crippen LogP contribution in [0.5, 0.6) is 0 Å². The highest BCUT2D eigenvalue weighted by Gasteiger charge is 2.48. The van der Waals surface area contributed by atoms with Crippen LogP contribution in [-0.4, -0.2) is 140 Å². The van der Waals surface area contributed by atoms with Crippen molar-refractivity contribution in [3.63, 3.8) is 0 Å². The fourth-order valence-corrected chi connectivity index (χ4v) is 14.5. The first-order valence-corrected chi connectivity index (χ1v) is 33.9. The molecule has 0 radical (unpaired) electrons. The topological polar surface area (TPSA) is 373 Å². The second kappa shape index (κ2) is 25.3. The van der Waals surface area contributed by atoms with Crippen LogP contribution in [0, 0.1) is 5.92 Å². The first kappa shape index (κ1) is 64.9. The number of hydrogen-bond acceptors (Lipinski definition) is 13. The second-order valence-electron chi connectivity index (χ2n) is 21.8. The minimum absolute atomic E-state index is 0.000646. The zero-order valence-electron chi connectivity index (χ0n) is 45.8. The monoisotopic (exact) mass is 1230 g/mol. The summed E-state index contributed by atoms with van der Waals surface area (Å²) in [6.45, 7) is 10.5. The molecule has 0 saturated heterocycles. The molecule has 2 heterocycles. The highest BCUT2D eigenvalue weighted by Crippen LogP contribution is 2.49. The van der Waals surface area contributed by atoms with E-state index < -0.39 is 92.7 Å². The molecular weight excluding hydrogens is 1160 g/mol. The van der Waals surface area contributed by atoms with E-state index in [2.05, 4.69) is 10.6 Å². The molecule has 23 nitrogen and oxygen atoms in total.